The Labute approximate surface area is 177 Å². The van der Waals surface area contributed by atoms with Crippen LogP contribution in [0.3, 0.4) is 0 Å². The lowest BCUT2D eigenvalue weighted by Crippen LogP contribution is -2.35. The van der Waals surface area contributed by atoms with Gasteiger partial charge in [0.15, 0.2) is 5.76 Å². The lowest BCUT2D eigenvalue weighted by Gasteiger charge is -2.33. The van der Waals surface area contributed by atoms with Gasteiger partial charge in [0.25, 0.3) is 0 Å². The summed E-state index contributed by atoms with van der Waals surface area (Å²) in [7, 11) is 0. The topological polar surface area (TPSA) is 71.2 Å². The third-order valence-electron chi connectivity index (χ3n) is 6.09. The number of pyridine rings is 1. The van der Waals surface area contributed by atoms with Gasteiger partial charge in [0.05, 0.1) is 22.6 Å². The Hall–Kier alpha value is -2.80. The molecule has 0 bridgehead atoms. The molecular formula is C23H28N6O. The van der Waals surface area contributed by atoms with Crippen molar-refractivity contribution in [3.05, 3.63) is 53.7 Å². The van der Waals surface area contributed by atoms with Crippen LogP contribution in [-0.2, 0) is 6.54 Å². The van der Waals surface area contributed by atoms with Gasteiger partial charge in [0.2, 0.25) is 5.95 Å². The molecule has 0 N–H and O–H groups in total. The molecule has 0 aromatic carbocycles. The molecule has 0 amide bonds. The summed E-state index contributed by atoms with van der Waals surface area (Å²) >= 11 is 0. The Bertz CT molecular complexity index is 982. The second kappa shape index (κ2) is 8.52. The summed E-state index contributed by atoms with van der Waals surface area (Å²) in [5.74, 6) is 1.95. The summed E-state index contributed by atoms with van der Waals surface area (Å²) in [5, 5.41) is 4.09. The normalized spacial score (nSPS) is 20.0. The predicted octanol–water partition coefficient (Wildman–Crippen LogP) is 3.81. The van der Waals surface area contributed by atoms with Crippen molar-refractivity contribution in [2.45, 2.75) is 45.1 Å². The van der Waals surface area contributed by atoms with Crippen LogP contribution in [0, 0.1) is 6.92 Å². The molecule has 2 fully saturated rings. The Morgan fingerprint density at radius 3 is 2.77 bits per heavy atom. The largest absolute Gasteiger partial charge is 0.356 e. The van der Waals surface area contributed by atoms with E-state index in [1.165, 1.54) is 12.8 Å². The Kier molecular flexibility index (Phi) is 5.45. The summed E-state index contributed by atoms with van der Waals surface area (Å²) in [5.41, 5.74) is 4.06. The number of aryl methyl sites for hydroxylation is 1. The van der Waals surface area contributed by atoms with Crippen LogP contribution in [0.4, 0.5) is 5.95 Å². The lowest BCUT2D eigenvalue weighted by molar-refractivity contribution is 0.196. The highest BCUT2D eigenvalue weighted by Crippen LogP contribution is 2.35. The number of aromatic nitrogens is 4. The average molecular weight is 405 g/mol. The molecule has 3 aromatic heterocycles. The Morgan fingerprint density at radius 2 is 2.00 bits per heavy atom. The molecule has 0 saturated carbocycles. The molecule has 0 radical (unpaired) electrons. The van der Waals surface area contributed by atoms with Crippen molar-refractivity contribution in [3.8, 4) is 11.3 Å². The lowest BCUT2D eigenvalue weighted by atomic mass is 9.91. The molecule has 3 aromatic rings. The van der Waals surface area contributed by atoms with E-state index in [-0.39, 0.29) is 0 Å². The number of anilines is 1. The van der Waals surface area contributed by atoms with Crippen molar-refractivity contribution in [3.63, 3.8) is 0 Å². The smallest absolute Gasteiger partial charge is 0.225 e. The highest BCUT2D eigenvalue weighted by Gasteiger charge is 2.28. The quantitative estimate of drug-likeness (QED) is 0.640. The zero-order chi connectivity index (χ0) is 20.3. The Morgan fingerprint density at radius 1 is 1.10 bits per heavy atom. The van der Waals surface area contributed by atoms with Crippen molar-refractivity contribution < 1.29 is 4.52 Å². The van der Waals surface area contributed by atoms with E-state index in [0.717, 1.165) is 79.9 Å². The van der Waals surface area contributed by atoms with E-state index in [2.05, 4.69) is 32.1 Å². The summed E-state index contributed by atoms with van der Waals surface area (Å²) in [6, 6.07) is 8.10. The zero-order valence-electron chi connectivity index (χ0n) is 17.5. The number of nitrogens with zero attached hydrogens (tertiary/aromatic N) is 6. The molecule has 2 aliphatic heterocycles. The fourth-order valence-electron chi connectivity index (χ4n) is 4.59. The predicted molar refractivity (Wildman–Crippen MR) is 115 cm³/mol. The van der Waals surface area contributed by atoms with E-state index in [1.807, 2.05) is 31.5 Å². The maximum Gasteiger partial charge on any atom is 0.225 e. The summed E-state index contributed by atoms with van der Waals surface area (Å²) in [4.78, 5) is 19.1. The second-order valence-electron chi connectivity index (χ2n) is 8.39. The number of likely N-dealkylation sites (tertiary alicyclic amines) is 1. The first-order valence-electron chi connectivity index (χ1n) is 10.9. The standard InChI is InChI=1S/C23H28N6O/c1-17-13-21(30-27-17)20-14-25-23(29-11-4-5-12-29)26-22(20)18-7-6-10-28(15-18)16-19-8-2-3-9-24-19/h2-3,8-9,13-14,18H,4-7,10-12,15-16H2,1H3/t18-/m0/s1. The number of hydrogen-bond donors (Lipinski definition) is 0. The highest BCUT2D eigenvalue weighted by atomic mass is 16.5. The molecule has 0 spiro atoms. The minimum Gasteiger partial charge on any atom is -0.356 e. The van der Waals surface area contributed by atoms with Crippen LogP contribution in [-0.4, -0.2) is 51.2 Å². The monoisotopic (exact) mass is 404 g/mol. The molecule has 30 heavy (non-hydrogen) atoms. The van der Waals surface area contributed by atoms with Gasteiger partial charge in [-0.25, -0.2) is 9.97 Å². The Balaban J connectivity index is 1.45. The van der Waals surface area contributed by atoms with Crippen LogP contribution in [0.5, 0.6) is 0 Å². The summed E-state index contributed by atoms with van der Waals surface area (Å²) in [6.45, 7) is 6.95. The van der Waals surface area contributed by atoms with E-state index in [4.69, 9.17) is 14.5 Å². The van der Waals surface area contributed by atoms with Crippen molar-refractivity contribution in [1.29, 1.82) is 0 Å². The zero-order valence-corrected chi connectivity index (χ0v) is 17.5. The van der Waals surface area contributed by atoms with E-state index >= 15 is 0 Å². The van der Waals surface area contributed by atoms with Crippen LogP contribution in [0.2, 0.25) is 0 Å². The second-order valence-corrected chi connectivity index (χ2v) is 8.39. The van der Waals surface area contributed by atoms with Crippen LogP contribution >= 0.6 is 0 Å². The fraction of sp³-hybridized carbons (Fsp3) is 0.478. The minimum absolute atomic E-state index is 0.340. The van der Waals surface area contributed by atoms with Gasteiger partial charge < -0.3 is 9.42 Å². The first kappa shape index (κ1) is 19.2. The molecule has 7 heteroatoms. The SMILES string of the molecule is Cc1cc(-c2cnc(N3CCCC3)nc2[C@H]2CCCN(Cc3ccccn3)C2)on1. The van der Waals surface area contributed by atoms with Crippen molar-refractivity contribution >= 4 is 5.95 Å². The van der Waals surface area contributed by atoms with Crippen LogP contribution in [0.1, 0.15) is 48.7 Å². The van der Waals surface area contributed by atoms with Crippen molar-refractivity contribution in [1.82, 2.24) is 25.0 Å². The van der Waals surface area contributed by atoms with Crippen molar-refractivity contribution in [2.24, 2.45) is 0 Å². The van der Waals surface area contributed by atoms with Gasteiger partial charge in [-0.1, -0.05) is 11.2 Å². The van der Waals surface area contributed by atoms with Crippen LogP contribution in [0.25, 0.3) is 11.3 Å². The molecular weight excluding hydrogens is 376 g/mol. The van der Waals surface area contributed by atoms with E-state index in [0.29, 0.717) is 5.92 Å². The third kappa shape index (κ3) is 4.07. The van der Waals surface area contributed by atoms with Crippen LogP contribution in [0.15, 0.2) is 41.2 Å². The van der Waals surface area contributed by atoms with Gasteiger partial charge in [-0.2, -0.15) is 0 Å². The van der Waals surface area contributed by atoms with Gasteiger partial charge in [-0.15, -0.1) is 0 Å². The molecule has 2 saturated heterocycles. The fourth-order valence-corrected chi connectivity index (χ4v) is 4.59. The first-order chi connectivity index (χ1) is 14.8. The molecule has 0 aliphatic carbocycles. The number of piperidine rings is 1. The molecule has 2 aliphatic rings. The number of hydrogen-bond acceptors (Lipinski definition) is 7. The highest BCUT2D eigenvalue weighted by molar-refractivity contribution is 5.61. The van der Waals surface area contributed by atoms with Crippen LogP contribution < -0.4 is 4.90 Å². The molecule has 5 rings (SSSR count). The average Bonchev–Trinajstić information content (AvgIpc) is 3.46. The summed E-state index contributed by atoms with van der Waals surface area (Å²) < 4.78 is 5.60. The van der Waals surface area contributed by atoms with E-state index < -0.39 is 0 Å². The van der Waals surface area contributed by atoms with Gasteiger partial charge >= 0.3 is 0 Å². The first-order valence-corrected chi connectivity index (χ1v) is 10.9. The molecule has 5 heterocycles. The van der Waals surface area contributed by atoms with E-state index in [9.17, 15) is 0 Å². The van der Waals surface area contributed by atoms with Gasteiger partial charge in [0.1, 0.15) is 0 Å². The van der Waals surface area contributed by atoms with Gasteiger partial charge in [-0.3, -0.25) is 9.88 Å². The molecule has 156 valence electrons. The number of rotatable bonds is 5. The molecule has 0 unspecified atom stereocenters. The molecule has 1 atom stereocenters. The maximum absolute atomic E-state index is 5.60. The molecule has 7 nitrogen and oxygen atoms in total. The maximum atomic E-state index is 5.60. The summed E-state index contributed by atoms with van der Waals surface area (Å²) in [6.07, 6.45) is 8.50. The van der Waals surface area contributed by atoms with Gasteiger partial charge in [-0.05, 0) is 51.3 Å². The third-order valence-corrected chi connectivity index (χ3v) is 6.09. The van der Waals surface area contributed by atoms with Gasteiger partial charge in [0, 0.05) is 50.6 Å². The van der Waals surface area contributed by atoms with E-state index in [1.54, 1.807) is 0 Å². The minimum atomic E-state index is 0.340. The van der Waals surface area contributed by atoms with Crippen molar-refractivity contribution in [2.75, 3.05) is 31.1 Å².